The largest absolute Gasteiger partial charge is 0.351 e. The van der Waals surface area contributed by atoms with Gasteiger partial charge in [-0.25, -0.2) is 9.52 Å². The van der Waals surface area contributed by atoms with Crippen LogP contribution in [0.5, 0.6) is 0 Å². The van der Waals surface area contributed by atoms with Gasteiger partial charge >= 0.3 is 16.2 Å². The summed E-state index contributed by atoms with van der Waals surface area (Å²) in [4.78, 5) is 22.6. The zero-order valence-electron chi connectivity index (χ0n) is 9.92. The molecule has 102 valence electrons. The van der Waals surface area contributed by atoms with Crippen LogP contribution in [0.1, 0.15) is 23.2 Å². The van der Waals surface area contributed by atoms with Crippen LogP contribution in [0.4, 0.5) is 10.5 Å². The fourth-order valence-corrected chi connectivity index (χ4v) is 2.44. The molecule has 7 nitrogen and oxygen atoms in total. The van der Waals surface area contributed by atoms with E-state index < -0.39 is 16.2 Å². The molecule has 0 bridgehead atoms. The van der Waals surface area contributed by atoms with E-state index in [4.69, 9.17) is 5.73 Å². The second-order valence-corrected chi connectivity index (χ2v) is 5.67. The van der Waals surface area contributed by atoms with E-state index in [2.05, 4.69) is 4.72 Å². The maximum atomic E-state index is 12.0. The highest BCUT2D eigenvalue weighted by Gasteiger charge is 2.32. The van der Waals surface area contributed by atoms with Crippen molar-refractivity contribution < 1.29 is 18.0 Å². The van der Waals surface area contributed by atoms with Crippen LogP contribution < -0.4 is 15.2 Å². The molecule has 8 heteroatoms. The Morgan fingerprint density at radius 1 is 1.21 bits per heavy atom. The molecule has 1 aromatic carbocycles. The highest BCUT2D eigenvalue weighted by atomic mass is 32.2. The van der Waals surface area contributed by atoms with E-state index in [1.54, 1.807) is 22.9 Å². The Morgan fingerprint density at radius 3 is 2.42 bits per heavy atom. The van der Waals surface area contributed by atoms with Gasteiger partial charge in [-0.1, -0.05) is 12.1 Å². The second kappa shape index (κ2) is 4.88. The van der Waals surface area contributed by atoms with Gasteiger partial charge in [0.15, 0.2) is 5.78 Å². The minimum Gasteiger partial charge on any atom is -0.351 e. The number of primary amides is 1. The molecule has 0 unspecified atom stereocenters. The lowest BCUT2D eigenvalue weighted by Crippen LogP contribution is -2.39. The molecule has 1 aliphatic rings. The van der Waals surface area contributed by atoms with Crippen molar-refractivity contribution in [2.24, 2.45) is 11.7 Å². The molecule has 0 spiro atoms. The van der Waals surface area contributed by atoms with E-state index in [0.717, 1.165) is 12.8 Å². The van der Waals surface area contributed by atoms with E-state index in [0.29, 0.717) is 5.56 Å². The maximum absolute atomic E-state index is 12.0. The summed E-state index contributed by atoms with van der Waals surface area (Å²) in [6.45, 7) is 0. The molecule has 2 rings (SSSR count). The number of ketones is 1. The molecule has 4 N–H and O–H groups in total. The maximum Gasteiger partial charge on any atom is 0.327 e. The molecular weight excluding hydrogens is 270 g/mol. The average molecular weight is 283 g/mol. The van der Waals surface area contributed by atoms with Gasteiger partial charge in [0.1, 0.15) is 0 Å². The summed E-state index contributed by atoms with van der Waals surface area (Å²) in [6.07, 6.45) is 1.64. The Balaban J connectivity index is 2.25. The number of rotatable bonds is 5. The molecule has 0 saturated heterocycles. The molecule has 19 heavy (non-hydrogen) atoms. The summed E-state index contributed by atoms with van der Waals surface area (Å²) in [7, 11) is -4.12. The predicted molar refractivity (Wildman–Crippen MR) is 68.8 cm³/mol. The highest BCUT2D eigenvalue weighted by Crippen LogP contribution is 2.34. The number of Topliss-reactive ketones (excluding diaryl/α,β-unsaturated/α-hetero) is 1. The molecule has 1 saturated carbocycles. The van der Waals surface area contributed by atoms with Gasteiger partial charge in [-0.05, 0) is 25.0 Å². The minimum atomic E-state index is -4.12. The number of hydrogen-bond acceptors (Lipinski definition) is 4. The monoisotopic (exact) mass is 283 g/mol. The third-order valence-electron chi connectivity index (χ3n) is 2.62. The number of para-hydroxylation sites is 1. The smallest absolute Gasteiger partial charge is 0.327 e. The van der Waals surface area contributed by atoms with Gasteiger partial charge < -0.3 is 5.73 Å². The summed E-state index contributed by atoms with van der Waals surface area (Å²) >= 11 is 0. The molecule has 0 radical (unpaired) electrons. The Hall–Kier alpha value is -2.09. The van der Waals surface area contributed by atoms with Crippen LogP contribution in [0.2, 0.25) is 0 Å². The van der Waals surface area contributed by atoms with Crippen molar-refractivity contribution in [3.63, 3.8) is 0 Å². The predicted octanol–water partition coefficient (Wildman–Crippen LogP) is 0.604. The third-order valence-corrected chi connectivity index (χ3v) is 3.58. The van der Waals surface area contributed by atoms with Crippen LogP contribution in [-0.2, 0) is 10.2 Å². The van der Waals surface area contributed by atoms with Crippen LogP contribution >= 0.6 is 0 Å². The van der Waals surface area contributed by atoms with Crippen molar-refractivity contribution in [3.8, 4) is 0 Å². The van der Waals surface area contributed by atoms with Gasteiger partial charge in [-0.15, -0.1) is 0 Å². The van der Waals surface area contributed by atoms with Gasteiger partial charge in [0.05, 0.1) is 5.69 Å². The van der Waals surface area contributed by atoms with Crippen molar-refractivity contribution in [2.45, 2.75) is 12.8 Å². The number of amides is 2. The van der Waals surface area contributed by atoms with Gasteiger partial charge in [-0.3, -0.25) is 9.52 Å². The van der Waals surface area contributed by atoms with Gasteiger partial charge in [0.25, 0.3) is 0 Å². The first-order chi connectivity index (χ1) is 8.89. The lowest BCUT2D eigenvalue weighted by molar-refractivity contribution is 0.0968. The molecular formula is C11H13N3O4S. The highest BCUT2D eigenvalue weighted by molar-refractivity contribution is 7.91. The molecule has 0 heterocycles. The van der Waals surface area contributed by atoms with E-state index in [-0.39, 0.29) is 17.4 Å². The number of hydrogen-bond donors (Lipinski definition) is 3. The van der Waals surface area contributed by atoms with Crippen molar-refractivity contribution in [1.29, 1.82) is 0 Å². The average Bonchev–Trinajstić information content (AvgIpc) is 3.10. The van der Waals surface area contributed by atoms with Crippen LogP contribution in [-0.4, -0.2) is 20.2 Å². The van der Waals surface area contributed by atoms with Crippen molar-refractivity contribution in [1.82, 2.24) is 4.72 Å². The zero-order chi connectivity index (χ0) is 14.0. The Labute approximate surface area is 110 Å². The number of nitrogens with two attached hydrogens (primary N) is 1. The van der Waals surface area contributed by atoms with Crippen LogP contribution in [0.25, 0.3) is 0 Å². The Morgan fingerprint density at radius 2 is 1.84 bits per heavy atom. The lowest BCUT2D eigenvalue weighted by atomic mass is 10.1. The molecule has 0 aromatic heterocycles. The summed E-state index contributed by atoms with van der Waals surface area (Å²) in [6, 6.07) is 5.04. The number of urea groups is 1. The fourth-order valence-electron chi connectivity index (χ4n) is 1.66. The van der Waals surface area contributed by atoms with Crippen LogP contribution in [0.3, 0.4) is 0 Å². The molecule has 0 aliphatic heterocycles. The number of anilines is 1. The molecule has 0 atom stereocenters. The first-order valence-corrected chi connectivity index (χ1v) is 7.10. The number of benzene rings is 1. The number of nitrogens with one attached hydrogen (secondary N) is 2. The van der Waals surface area contributed by atoms with Crippen LogP contribution in [0, 0.1) is 5.92 Å². The summed E-state index contributed by atoms with van der Waals surface area (Å²) < 4.78 is 26.8. The lowest BCUT2D eigenvalue weighted by Gasteiger charge is -2.11. The quantitative estimate of drug-likeness (QED) is 0.686. The second-order valence-electron chi connectivity index (χ2n) is 4.26. The minimum absolute atomic E-state index is 0.0326. The van der Waals surface area contributed by atoms with Crippen LogP contribution in [0.15, 0.2) is 24.3 Å². The Bertz CT molecular complexity index is 623. The summed E-state index contributed by atoms with van der Waals surface area (Å²) in [5.74, 6) is -0.132. The zero-order valence-corrected chi connectivity index (χ0v) is 10.7. The number of carbonyl (C=O) groups is 2. The van der Waals surface area contributed by atoms with Crippen molar-refractivity contribution in [3.05, 3.63) is 29.8 Å². The normalized spacial score (nSPS) is 14.7. The molecule has 1 aliphatic carbocycles. The van der Waals surface area contributed by atoms with E-state index in [1.165, 1.54) is 6.07 Å². The first-order valence-electron chi connectivity index (χ1n) is 5.62. The molecule has 2 amide bonds. The van der Waals surface area contributed by atoms with Gasteiger partial charge in [0.2, 0.25) is 0 Å². The third kappa shape index (κ3) is 3.44. The summed E-state index contributed by atoms with van der Waals surface area (Å²) in [5, 5.41) is 0. The topological polar surface area (TPSA) is 118 Å². The SMILES string of the molecule is NC(=O)NS(=O)(=O)Nc1ccccc1C(=O)C1CC1. The fraction of sp³-hybridized carbons (Fsp3) is 0.273. The standard InChI is InChI=1S/C11H13N3O4S/c12-11(16)14-19(17,18)13-9-4-2-1-3-8(9)10(15)7-5-6-7/h1-4,7,13H,5-6H2,(H3,12,14,16). The van der Waals surface area contributed by atoms with E-state index in [1.807, 2.05) is 0 Å². The first kappa shape index (κ1) is 13.3. The molecule has 1 fully saturated rings. The summed E-state index contributed by atoms with van der Waals surface area (Å²) in [5.41, 5.74) is 5.18. The van der Waals surface area contributed by atoms with Crippen molar-refractivity contribution in [2.75, 3.05) is 4.72 Å². The van der Waals surface area contributed by atoms with E-state index in [9.17, 15) is 18.0 Å². The van der Waals surface area contributed by atoms with Crippen molar-refractivity contribution >= 4 is 27.7 Å². The number of carbonyl (C=O) groups excluding carboxylic acids is 2. The van der Waals surface area contributed by atoms with Gasteiger partial charge in [-0.2, -0.15) is 8.42 Å². The Kier molecular flexibility index (Phi) is 3.43. The molecule has 1 aromatic rings. The van der Waals surface area contributed by atoms with Gasteiger partial charge in [0, 0.05) is 11.5 Å². The van der Waals surface area contributed by atoms with E-state index >= 15 is 0 Å².